The predicted octanol–water partition coefficient (Wildman–Crippen LogP) is 4.24. The molecule has 0 amide bonds. The van der Waals surface area contributed by atoms with Gasteiger partial charge in [0.25, 0.3) is 10.0 Å². The molecule has 0 spiro atoms. The van der Waals surface area contributed by atoms with Gasteiger partial charge in [0.1, 0.15) is 17.2 Å². The number of fused-ring (bicyclic) bond motifs is 1. The molecule has 0 radical (unpaired) electrons. The summed E-state index contributed by atoms with van der Waals surface area (Å²) in [5.74, 6) is 1.62. The fourth-order valence-corrected chi connectivity index (χ4v) is 3.51. The Bertz CT molecular complexity index is 999. The molecule has 1 heterocycles. The van der Waals surface area contributed by atoms with Gasteiger partial charge >= 0.3 is 0 Å². The normalized spacial score (nSPS) is 14.7. The summed E-state index contributed by atoms with van der Waals surface area (Å²) in [6.45, 7) is 0. The predicted molar refractivity (Wildman–Crippen MR) is 96.4 cm³/mol. The summed E-state index contributed by atoms with van der Waals surface area (Å²) < 4.78 is 37.3. The molecule has 0 unspecified atom stereocenters. The number of rotatable bonds is 3. The first kappa shape index (κ1) is 15.5. The number of ether oxygens (including phenoxy) is 2. The van der Waals surface area contributed by atoms with Crippen LogP contribution in [0.2, 0.25) is 0 Å². The molecule has 3 aromatic rings. The van der Waals surface area contributed by atoms with Crippen LogP contribution < -0.4 is 14.2 Å². The first-order chi connectivity index (χ1) is 12.1. The molecular formula is C19H15NO4S. The molecule has 3 aromatic carbocycles. The molecule has 5 nitrogen and oxygen atoms in total. The molecule has 0 saturated heterocycles. The van der Waals surface area contributed by atoms with Gasteiger partial charge in [-0.15, -0.1) is 0 Å². The highest BCUT2D eigenvalue weighted by atomic mass is 32.2. The van der Waals surface area contributed by atoms with Crippen molar-refractivity contribution in [3.63, 3.8) is 0 Å². The van der Waals surface area contributed by atoms with Gasteiger partial charge in [0, 0.05) is 5.56 Å². The number of anilines is 1. The smallest absolute Gasteiger partial charge is 0.268 e. The summed E-state index contributed by atoms with van der Waals surface area (Å²) in [6.07, 6.45) is 0. The fraction of sp³-hybridized carbons (Fsp3) is 0.0526. The second-order valence-corrected chi connectivity index (χ2v) is 7.27. The summed E-state index contributed by atoms with van der Waals surface area (Å²) in [5, 5.41) is 0. The molecule has 126 valence electrons. The molecule has 0 bridgehead atoms. The van der Waals surface area contributed by atoms with Gasteiger partial charge in [0.2, 0.25) is 5.94 Å². The molecular weight excluding hydrogens is 338 g/mol. The zero-order valence-electron chi connectivity index (χ0n) is 13.2. The van der Waals surface area contributed by atoms with Crippen molar-refractivity contribution in [3.8, 4) is 28.4 Å². The van der Waals surface area contributed by atoms with Crippen LogP contribution in [0.15, 0.2) is 72.8 Å². The van der Waals surface area contributed by atoms with Gasteiger partial charge in [-0.1, -0.05) is 42.5 Å². The lowest BCUT2D eigenvalue weighted by Crippen LogP contribution is -2.25. The Morgan fingerprint density at radius 3 is 2.32 bits per heavy atom. The zero-order chi connectivity index (χ0) is 17.3. The Morgan fingerprint density at radius 1 is 0.840 bits per heavy atom. The van der Waals surface area contributed by atoms with E-state index >= 15 is 0 Å². The summed E-state index contributed by atoms with van der Waals surface area (Å²) >= 11 is 0. The van der Waals surface area contributed by atoms with Gasteiger partial charge in [-0.3, -0.25) is 4.72 Å². The number of nitrogens with one attached hydrogen (secondary N) is 1. The third-order valence-electron chi connectivity index (χ3n) is 3.80. The van der Waals surface area contributed by atoms with Crippen LogP contribution >= 0.6 is 0 Å². The average Bonchev–Trinajstić information content (AvgIpc) is 2.62. The molecule has 1 aliphatic heterocycles. The van der Waals surface area contributed by atoms with Gasteiger partial charge in [-0.2, -0.15) is 0 Å². The van der Waals surface area contributed by atoms with E-state index in [2.05, 4.69) is 4.72 Å². The Labute approximate surface area is 145 Å². The van der Waals surface area contributed by atoms with Crippen LogP contribution in [0.25, 0.3) is 11.1 Å². The van der Waals surface area contributed by atoms with Crippen LogP contribution in [0.3, 0.4) is 0 Å². The summed E-state index contributed by atoms with van der Waals surface area (Å²) in [5.41, 5.74) is 2.09. The monoisotopic (exact) mass is 353 g/mol. The van der Waals surface area contributed by atoms with Crippen molar-refractivity contribution in [1.29, 1.82) is 0 Å². The van der Waals surface area contributed by atoms with Gasteiger partial charge in [-0.25, -0.2) is 8.42 Å². The van der Waals surface area contributed by atoms with Crippen molar-refractivity contribution in [2.75, 3.05) is 10.7 Å². The van der Waals surface area contributed by atoms with Crippen LogP contribution in [0.1, 0.15) is 0 Å². The molecule has 4 rings (SSSR count). The Hall–Kier alpha value is -2.99. The second-order valence-electron chi connectivity index (χ2n) is 5.60. The van der Waals surface area contributed by atoms with Crippen molar-refractivity contribution >= 4 is 15.7 Å². The van der Waals surface area contributed by atoms with E-state index in [1.165, 1.54) is 0 Å². The van der Waals surface area contributed by atoms with Crippen molar-refractivity contribution in [2.24, 2.45) is 0 Å². The molecule has 0 aromatic heterocycles. The van der Waals surface area contributed by atoms with Crippen molar-refractivity contribution in [2.45, 2.75) is 0 Å². The van der Waals surface area contributed by atoms with Crippen LogP contribution in [-0.4, -0.2) is 14.4 Å². The van der Waals surface area contributed by atoms with Crippen LogP contribution in [0, 0.1) is 0 Å². The van der Waals surface area contributed by atoms with Crippen LogP contribution in [0.4, 0.5) is 5.69 Å². The zero-order valence-corrected chi connectivity index (χ0v) is 14.0. The number of sulfonamides is 1. The molecule has 25 heavy (non-hydrogen) atoms. The van der Waals surface area contributed by atoms with Gasteiger partial charge in [0.15, 0.2) is 0 Å². The van der Waals surface area contributed by atoms with E-state index in [0.29, 0.717) is 17.2 Å². The quantitative estimate of drug-likeness (QED) is 0.765. The first-order valence-corrected chi connectivity index (χ1v) is 9.36. The number of benzene rings is 3. The largest absolute Gasteiger partial charge is 0.474 e. The lowest BCUT2D eigenvalue weighted by molar-refractivity contribution is 0.374. The average molecular weight is 353 g/mol. The third kappa shape index (κ3) is 3.29. The Kier molecular flexibility index (Phi) is 3.82. The SMILES string of the molecule is O=S1(=O)COc2cccc(-c3ccc(Oc4ccccc4)cc3)c2N1. The van der Waals surface area contributed by atoms with E-state index in [1.807, 2.05) is 66.7 Å². The van der Waals surface area contributed by atoms with E-state index in [-0.39, 0.29) is 5.94 Å². The van der Waals surface area contributed by atoms with Gasteiger partial charge in [-0.05, 0) is 35.9 Å². The Morgan fingerprint density at radius 2 is 1.56 bits per heavy atom. The molecule has 0 aliphatic carbocycles. The maximum Gasteiger partial charge on any atom is 0.268 e. The maximum atomic E-state index is 11.8. The molecule has 6 heteroatoms. The summed E-state index contributed by atoms with van der Waals surface area (Å²) in [4.78, 5) is 0. The van der Waals surface area contributed by atoms with E-state index in [4.69, 9.17) is 9.47 Å². The fourth-order valence-electron chi connectivity index (χ4n) is 2.65. The van der Waals surface area contributed by atoms with E-state index < -0.39 is 10.0 Å². The van der Waals surface area contributed by atoms with Crippen LogP contribution in [-0.2, 0) is 10.0 Å². The minimum Gasteiger partial charge on any atom is -0.474 e. The molecule has 1 N–H and O–H groups in total. The van der Waals surface area contributed by atoms with E-state index in [0.717, 1.165) is 16.9 Å². The van der Waals surface area contributed by atoms with Crippen LogP contribution in [0.5, 0.6) is 17.2 Å². The van der Waals surface area contributed by atoms with E-state index in [9.17, 15) is 8.42 Å². The highest BCUT2D eigenvalue weighted by Crippen LogP contribution is 2.39. The van der Waals surface area contributed by atoms with Gasteiger partial charge < -0.3 is 9.47 Å². The second kappa shape index (κ2) is 6.14. The molecule has 0 atom stereocenters. The number of para-hydroxylation sites is 2. The van der Waals surface area contributed by atoms with Crippen molar-refractivity contribution in [1.82, 2.24) is 0 Å². The summed E-state index contributed by atoms with van der Waals surface area (Å²) in [6, 6.07) is 22.4. The molecule has 1 aliphatic rings. The number of hydrogen-bond acceptors (Lipinski definition) is 4. The maximum absolute atomic E-state index is 11.8. The standard InChI is InChI=1S/C19H15NO4S/c21-25(22)13-23-18-8-4-7-17(19(18)20-25)14-9-11-16(12-10-14)24-15-5-2-1-3-6-15/h1-12,20H,13H2. The van der Waals surface area contributed by atoms with Gasteiger partial charge in [0.05, 0.1) is 5.69 Å². The topological polar surface area (TPSA) is 64.6 Å². The lowest BCUT2D eigenvalue weighted by atomic mass is 10.0. The molecule has 0 fully saturated rings. The number of hydrogen-bond donors (Lipinski definition) is 1. The van der Waals surface area contributed by atoms with Crippen molar-refractivity contribution < 1.29 is 17.9 Å². The minimum absolute atomic E-state index is 0.368. The minimum atomic E-state index is -3.47. The van der Waals surface area contributed by atoms with Crippen molar-refractivity contribution in [3.05, 3.63) is 72.8 Å². The highest BCUT2D eigenvalue weighted by Gasteiger charge is 2.24. The first-order valence-electron chi connectivity index (χ1n) is 7.70. The van der Waals surface area contributed by atoms with E-state index in [1.54, 1.807) is 6.07 Å². The third-order valence-corrected chi connectivity index (χ3v) is 4.74. The highest BCUT2D eigenvalue weighted by molar-refractivity contribution is 7.92. The molecule has 0 saturated carbocycles. The summed E-state index contributed by atoms with van der Waals surface area (Å²) in [7, 11) is -3.47. The Balaban J connectivity index is 1.65. The lowest BCUT2D eigenvalue weighted by Gasteiger charge is -2.22.